The highest BCUT2D eigenvalue weighted by Gasteiger charge is 2.26. The van der Waals surface area contributed by atoms with E-state index >= 15 is 0 Å². The van der Waals surface area contributed by atoms with E-state index in [0.717, 1.165) is 77.1 Å². The summed E-state index contributed by atoms with van der Waals surface area (Å²) >= 11 is 0. The van der Waals surface area contributed by atoms with Gasteiger partial charge < -0.3 is 16.0 Å². The number of piperazine rings is 1. The Bertz CT molecular complexity index is 790. The molecule has 1 aromatic rings. The van der Waals surface area contributed by atoms with E-state index in [1.807, 2.05) is 17.0 Å². The number of carbonyl (C=O) groups is 3. The van der Waals surface area contributed by atoms with Crippen LogP contribution in [0.1, 0.15) is 63.4 Å². The molecule has 2 heterocycles. The maximum Gasteiger partial charge on any atom is 0.249 e. The lowest BCUT2D eigenvalue weighted by molar-refractivity contribution is -0.134. The number of anilines is 1. The average Bonchev–Trinajstić information content (AvgIpc) is 2.84. The summed E-state index contributed by atoms with van der Waals surface area (Å²) in [4.78, 5) is 40.1. The molecule has 8 heteroatoms. The van der Waals surface area contributed by atoms with Crippen LogP contribution in [-0.4, -0.2) is 72.8 Å². The van der Waals surface area contributed by atoms with Crippen molar-refractivity contribution in [2.45, 2.75) is 70.3 Å². The Hall–Kier alpha value is -2.45. The third-order valence-electron chi connectivity index (χ3n) is 6.79. The van der Waals surface area contributed by atoms with Crippen molar-refractivity contribution in [3.8, 4) is 0 Å². The summed E-state index contributed by atoms with van der Waals surface area (Å²) in [5, 5.41) is 5.59. The van der Waals surface area contributed by atoms with Gasteiger partial charge >= 0.3 is 0 Å². The highest BCUT2D eigenvalue weighted by molar-refractivity contribution is 6.01. The summed E-state index contributed by atoms with van der Waals surface area (Å²) in [6.07, 6.45) is 9.22. The summed E-state index contributed by atoms with van der Waals surface area (Å²) in [5.74, 6) is -0.138. The minimum atomic E-state index is -0.351. The van der Waals surface area contributed by atoms with Crippen LogP contribution in [0.3, 0.4) is 0 Å². The van der Waals surface area contributed by atoms with Gasteiger partial charge in [0, 0.05) is 44.7 Å². The molecule has 2 aliphatic rings. The zero-order chi connectivity index (χ0) is 24.2. The summed E-state index contributed by atoms with van der Waals surface area (Å²) < 4.78 is 0. The number of nitrogens with one attached hydrogen (secondary N) is 2. The van der Waals surface area contributed by atoms with Gasteiger partial charge in [-0.1, -0.05) is 31.4 Å². The van der Waals surface area contributed by atoms with Crippen LogP contribution in [0, 0.1) is 0 Å². The van der Waals surface area contributed by atoms with Crippen LogP contribution in [0.15, 0.2) is 24.3 Å². The van der Waals surface area contributed by atoms with Gasteiger partial charge in [0.1, 0.15) is 6.04 Å². The standard InChI is InChI=1S/C26H41N5O3/c27-15-5-3-1-2-4-8-25(33)31-19-17-30(18-20-31)16-6-7-21-9-11-22(12-10-21)28-23-13-14-24(32)29-26(23)34/h9-12,23,28H,1-8,13-20,27H2,(H,29,32,34). The van der Waals surface area contributed by atoms with Crippen molar-refractivity contribution in [3.63, 3.8) is 0 Å². The van der Waals surface area contributed by atoms with Crippen LogP contribution in [0.2, 0.25) is 0 Å². The maximum atomic E-state index is 12.4. The van der Waals surface area contributed by atoms with E-state index in [1.165, 1.54) is 18.4 Å². The first-order valence-electron chi connectivity index (χ1n) is 12.9. The van der Waals surface area contributed by atoms with Crippen LogP contribution in [0.5, 0.6) is 0 Å². The Morgan fingerprint density at radius 2 is 1.68 bits per heavy atom. The summed E-state index contributed by atoms with van der Waals surface area (Å²) in [7, 11) is 0. The maximum absolute atomic E-state index is 12.4. The van der Waals surface area contributed by atoms with Crippen molar-refractivity contribution >= 4 is 23.4 Å². The molecule has 1 unspecified atom stereocenters. The number of imide groups is 1. The average molecular weight is 472 g/mol. The molecule has 2 aliphatic heterocycles. The lowest BCUT2D eigenvalue weighted by Gasteiger charge is -2.34. The van der Waals surface area contributed by atoms with Gasteiger partial charge in [-0.05, 0) is 62.9 Å². The monoisotopic (exact) mass is 471 g/mol. The van der Waals surface area contributed by atoms with Crippen LogP contribution >= 0.6 is 0 Å². The number of piperidine rings is 1. The SMILES string of the molecule is NCCCCCCCC(=O)N1CCN(CCCc2ccc(NC3CCC(=O)NC3=O)cc2)CC1. The van der Waals surface area contributed by atoms with Crippen LogP contribution in [0.4, 0.5) is 5.69 Å². The van der Waals surface area contributed by atoms with E-state index in [-0.39, 0.29) is 17.9 Å². The van der Waals surface area contributed by atoms with Gasteiger partial charge in [0.25, 0.3) is 0 Å². The van der Waals surface area contributed by atoms with Crippen molar-refractivity contribution in [2.24, 2.45) is 5.73 Å². The quantitative estimate of drug-likeness (QED) is 0.301. The number of carbonyl (C=O) groups excluding carboxylic acids is 3. The van der Waals surface area contributed by atoms with E-state index in [1.54, 1.807) is 0 Å². The largest absolute Gasteiger partial charge is 0.374 e. The molecule has 0 saturated carbocycles. The normalized spacial score (nSPS) is 19.2. The predicted octanol–water partition coefficient (Wildman–Crippen LogP) is 2.28. The Morgan fingerprint density at radius 3 is 2.38 bits per heavy atom. The van der Waals surface area contributed by atoms with E-state index in [2.05, 4.69) is 27.7 Å². The molecule has 4 N–H and O–H groups in total. The molecule has 2 saturated heterocycles. The zero-order valence-electron chi connectivity index (χ0n) is 20.4. The Morgan fingerprint density at radius 1 is 0.971 bits per heavy atom. The van der Waals surface area contributed by atoms with Gasteiger partial charge in [0.15, 0.2) is 0 Å². The fourth-order valence-electron chi connectivity index (χ4n) is 4.64. The molecule has 3 rings (SSSR count). The predicted molar refractivity (Wildman–Crippen MR) is 134 cm³/mol. The van der Waals surface area contributed by atoms with E-state index < -0.39 is 0 Å². The molecule has 0 radical (unpaired) electrons. The Labute approximate surface area is 203 Å². The molecular formula is C26H41N5O3. The first kappa shape index (κ1) is 26.2. The smallest absolute Gasteiger partial charge is 0.249 e. The molecule has 0 aliphatic carbocycles. The molecule has 8 nitrogen and oxygen atoms in total. The van der Waals surface area contributed by atoms with E-state index in [4.69, 9.17) is 5.73 Å². The number of hydrogen-bond acceptors (Lipinski definition) is 6. The van der Waals surface area contributed by atoms with Crippen molar-refractivity contribution < 1.29 is 14.4 Å². The van der Waals surface area contributed by atoms with Crippen LogP contribution in [-0.2, 0) is 20.8 Å². The van der Waals surface area contributed by atoms with Gasteiger partial charge in [-0.15, -0.1) is 0 Å². The number of nitrogens with two attached hydrogens (primary N) is 1. The summed E-state index contributed by atoms with van der Waals surface area (Å²) in [5.41, 5.74) is 7.69. The summed E-state index contributed by atoms with van der Waals surface area (Å²) in [6, 6.07) is 7.85. The molecule has 0 spiro atoms. The number of aryl methyl sites for hydroxylation is 1. The van der Waals surface area contributed by atoms with Gasteiger partial charge in [-0.2, -0.15) is 0 Å². The highest BCUT2D eigenvalue weighted by atomic mass is 16.2. The molecular weight excluding hydrogens is 430 g/mol. The minimum absolute atomic E-state index is 0.198. The molecule has 0 aromatic heterocycles. The fourth-order valence-corrected chi connectivity index (χ4v) is 4.64. The fraction of sp³-hybridized carbons (Fsp3) is 0.654. The molecule has 0 bridgehead atoms. The van der Waals surface area contributed by atoms with Crippen molar-refractivity contribution in [2.75, 3.05) is 44.6 Å². The van der Waals surface area contributed by atoms with Crippen molar-refractivity contribution in [1.29, 1.82) is 0 Å². The molecule has 1 aromatic carbocycles. The first-order valence-corrected chi connectivity index (χ1v) is 12.9. The highest BCUT2D eigenvalue weighted by Crippen LogP contribution is 2.16. The van der Waals surface area contributed by atoms with Crippen molar-refractivity contribution in [3.05, 3.63) is 29.8 Å². The van der Waals surface area contributed by atoms with Crippen molar-refractivity contribution in [1.82, 2.24) is 15.1 Å². The van der Waals surface area contributed by atoms with E-state index in [9.17, 15) is 14.4 Å². The Kier molecular flexibility index (Phi) is 10.8. The second-order valence-corrected chi connectivity index (χ2v) is 9.48. The minimum Gasteiger partial charge on any atom is -0.374 e. The number of amides is 3. The first-order chi connectivity index (χ1) is 16.5. The van der Waals surface area contributed by atoms with Crippen LogP contribution in [0.25, 0.3) is 0 Å². The topological polar surface area (TPSA) is 108 Å². The molecule has 188 valence electrons. The lowest BCUT2D eigenvalue weighted by Crippen LogP contribution is -2.48. The summed E-state index contributed by atoms with van der Waals surface area (Å²) in [6.45, 7) is 5.40. The molecule has 3 amide bonds. The number of benzene rings is 1. The zero-order valence-corrected chi connectivity index (χ0v) is 20.4. The molecule has 1 atom stereocenters. The third-order valence-corrected chi connectivity index (χ3v) is 6.79. The number of unbranched alkanes of at least 4 members (excludes halogenated alkanes) is 4. The second-order valence-electron chi connectivity index (χ2n) is 9.48. The third kappa shape index (κ3) is 8.72. The van der Waals surface area contributed by atoms with E-state index in [0.29, 0.717) is 25.2 Å². The second kappa shape index (κ2) is 14.1. The molecule has 2 fully saturated rings. The Balaban J connectivity index is 1.27. The van der Waals surface area contributed by atoms with Gasteiger partial charge in [0.05, 0.1) is 0 Å². The number of hydrogen-bond donors (Lipinski definition) is 3. The van der Waals surface area contributed by atoms with Gasteiger partial charge in [-0.3, -0.25) is 24.6 Å². The van der Waals surface area contributed by atoms with Gasteiger partial charge in [0.2, 0.25) is 17.7 Å². The van der Waals surface area contributed by atoms with Crippen LogP contribution < -0.4 is 16.4 Å². The number of rotatable bonds is 13. The van der Waals surface area contributed by atoms with Gasteiger partial charge in [-0.25, -0.2) is 0 Å². The lowest BCUT2D eigenvalue weighted by atomic mass is 10.0. The number of nitrogens with zero attached hydrogens (tertiary/aromatic N) is 2. The molecule has 34 heavy (non-hydrogen) atoms.